The third-order valence-corrected chi connectivity index (χ3v) is 3.54. The molecule has 0 aliphatic heterocycles. The second kappa shape index (κ2) is 7.89. The summed E-state index contributed by atoms with van der Waals surface area (Å²) in [5.41, 5.74) is 6.89. The number of carbonyl (C=O) groups excluding carboxylic acids is 1. The molecule has 0 aliphatic carbocycles. The Bertz CT molecular complexity index is 394. The van der Waals surface area contributed by atoms with Crippen molar-refractivity contribution < 1.29 is 14.7 Å². The van der Waals surface area contributed by atoms with Gasteiger partial charge in [0, 0.05) is 17.9 Å². The first-order valence-corrected chi connectivity index (χ1v) is 6.87. The summed E-state index contributed by atoms with van der Waals surface area (Å²) >= 11 is 1.58. The maximum absolute atomic E-state index is 11.5. The molecule has 1 unspecified atom stereocenters. The van der Waals surface area contributed by atoms with Crippen LogP contribution in [0.5, 0.6) is 0 Å². The van der Waals surface area contributed by atoms with Crippen molar-refractivity contribution in [1.29, 1.82) is 0 Å². The Morgan fingerprint density at radius 3 is 2.50 bits per heavy atom. The highest BCUT2D eigenvalue weighted by Gasteiger charge is 2.14. The fourth-order valence-electron chi connectivity index (χ4n) is 1.39. The average molecular weight is 267 g/mol. The number of carboxylic acid groups (broad SMARTS) is 1. The molecule has 0 aromatic heterocycles. The quantitative estimate of drug-likeness (QED) is 0.749. The fourth-order valence-corrected chi connectivity index (χ4v) is 2.37. The summed E-state index contributed by atoms with van der Waals surface area (Å²) in [7, 11) is 0. The zero-order chi connectivity index (χ0) is 13.4. The summed E-state index contributed by atoms with van der Waals surface area (Å²) < 4.78 is 0. The minimum Gasteiger partial charge on any atom is -0.481 e. The molecule has 0 aliphatic rings. The van der Waals surface area contributed by atoms with Crippen molar-refractivity contribution in [3.63, 3.8) is 0 Å². The van der Waals surface area contributed by atoms with Gasteiger partial charge in [-0.15, -0.1) is 0 Å². The predicted octanol–water partition coefficient (Wildman–Crippen LogP) is 1.68. The van der Waals surface area contributed by atoms with Crippen LogP contribution in [0.2, 0.25) is 0 Å². The van der Waals surface area contributed by atoms with E-state index in [9.17, 15) is 9.59 Å². The molecule has 1 atom stereocenters. The lowest BCUT2D eigenvalue weighted by Crippen LogP contribution is -2.33. The highest BCUT2D eigenvalue weighted by Crippen LogP contribution is 2.13. The first kappa shape index (κ1) is 14.7. The summed E-state index contributed by atoms with van der Waals surface area (Å²) in [5.74, 6) is 0.180. The standard InChI is InChI=1S/C13H17NO3S/c14-11(12(15)6-7-13(16)17)9-18-8-10-4-2-1-3-5-10/h1-5,11H,6-9,14H2,(H,16,17). The van der Waals surface area contributed by atoms with Gasteiger partial charge >= 0.3 is 5.97 Å². The van der Waals surface area contributed by atoms with Crippen LogP contribution in [0.3, 0.4) is 0 Å². The van der Waals surface area contributed by atoms with Gasteiger partial charge in [-0.2, -0.15) is 11.8 Å². The number of Topliss-reactive ketones (excluding diaryl/α,β-unsaturated/α-hetero) is 1. The van der Waals surface area contributed by atoms with Crippen LogP contribution in [-0.4, -0.2) is 28.7 Å². The molecular formula is C13H17NO3S. The van der Waals surface area contributed by atoms with E-state index in [1.165, 1.54) is 5.56 Å². The van der Waals surface area contributed by atoms with E-state index in [0.29, 0.717) is 5.75 Å². The topological polar surface area (TPSA) is 80.4 Å². The Hall–Kier alpha value is -1.33. The van der Waals surface area contributed by atoms with Crippen LogP contribution in [0.15, 0.2) is 30.3 Å². The van der Waals surface area contributed by atoms with Gasteiger partial charge in [-0.25, -0.2) is 0 Å². The fraction of sp³-hybridized carbons (Fsp3) is 0.385. The minimum absolute atomic E-state index is 0.0163. The molecule has 0 radical (unpaired) electrons. The molecule has 1 aromatic carbocycles. The minimum atomic E-state index is -0.965. The number of carboxylic acids is 1. The largest absolute Gasteiger partial charge is 0.481 e. The number of carbonyl (C=O) groups is 2. The second-order valence-electron chi connectivity index (χ2n) is 3.97. The van der Waals surface area contributed by atoms with E-state index in [-0.39, 0.29) is 18.6 Å². The van der Waals surface area contributed by atoms with E-state index < -0.39 is 12.0 Å². The predicted molar refractivity (Wildman–Crippen MR) is 72.5 cm³/mol. The molecule has 0 spiro atoms. The normalized spacial score (nSPS) is 12.1. The van der Waals surface area contributed by atoms with Gasteiger partial charge in [0.25, 0.3) is 0 Å². The lowest BCUT2D eigenvalue weighted by Gasteiger charge is -2.09. The van der Waals surface area contributed by atoms with E-state index in [1.807, 2.05) is 30.3 Å². The Labute approximate surface area is 111 Å². The highest BCUT2D eigenvalue weighted by molar-refractivity contribution is 7.98. The molecule has 1 aromatic rings. The Kier molecular flexibility index (Phi) is 6.46. The zero-order valence-electron chi connectivity index (χ0n) is 10.0. The average Bonchev–Trinajstić information content (AvgIpc) is 2.37. The van der Waals surface area contributed by atoms with Gasteiger partial charge in [-0.05, 0) is 5.56 Å². The third kappa shape index (κ3) is 5.84. The van der Waals surface area contributed by atoms with E-state index in [4.69, 9.17) is 10.8 Å². The first-order chi connectivity index (χ1) is 8.59. The molecular weight excluding hydrogens is 250 g/mol. The molecule has 18 heavy (non-hydrogen) atoms. The van der Waals surface area contributed by atoms with Crippen LogP contribution in [0.1, 0.15) is 18.4 Å². The van der Waals surface area contributed by atoms with E-state index in [1.54, 1.807) is 11.8 Å². The van der Waals surface area contributed by atoms with E-state index in [2.05, 4.69) is 0 Å². The van der Waals surface area contributed by atoms with Crippen LogP contribution in [0, 0.1) is 0 Å². The first-order valence-electron chi connectivity index (χ1n) is 5.71. The summed E-state index contributed by atoms with van der Waals surface area (Å²) in [6.07, 6.45) is -0.127. The van der Waals surface area contributed by atoms with Crippen LogP contribution < -0.4 is 5.73 Å². The van der Waals surface area contributed by atoms with Crippen LogP contribution in [0.25, 0.3) is 0 Å². The number of hydrogen-bond donors (Lipinski definition) is 2. The van der Waals surface area contributed by atoms with Gasteiger partial charge < -0.3 is 10.8 Å². The lowest BCUT2D eigenvalue weighted by atomic mass is 10.1. The molecule has 1 rings (SSSR count). The monoisotopic (exact) mass is 267 g/mol. The zero-order valence-corrected chi connectivity index (χ0v) is 10.9. The second-order valence-corrected chi connectivity index (χ2v) is 5.00. The summed E-state index contributed by atoms with van der Waals surface area (Å²) in [5, 5.41) is 8.47. The Balaban J connectivity index is 2.22. The molecule has 0 heterocycles. The molecule has 0 amide bonds. The molecule has 5 heteroatoms. The summed E-state index contributed by atoms with van der Waals surface area (Å²) in [6.45, 7) is 0. The number of thioether (sulfide) groups is 1. The molecule has 4 nitrogen and oxygen atoms in total. The van der Waals surface area contributed by atoms with E-state index in [0.717, 1.165) is 5.75 Å². The van der Waals surface area contributed by atoms with Crippen molar-refractivity contribution in [3.8, 4) is 0 Å². The van der Waals surface area contributed by atoms with Crippen molar-refractivity contribution in [3.05, 3.63) is 35.9 Å². The van der Waals surface area contributed by atoms with Crippen LogP contribution >= 0.6 is 11.8 Å². The van der Waals surface area contributed by atoms with Gasteiger partial charge in [-0.3, -0.25) is 9.59 Å². The molecule has 98 valence electrons. The number of benzene rings is 1. The van der Waals surface area contributed by atoms with Crippen molar-refractivity contribution in [2.75, 3.05) is 5.75 Å². The maximum atomic E-state index is 11.5. The number of hydrogen-bond acceptors (Lipinski definition) is 4. The van der Waals surface area contributed by atoms with Gasteiger partial charge in [0.05, 0.1) is 12.5 Å². The number of nitrogens with two attached hydrogens (primary N) is 1. The highest BCUT2D eigenvalue weighted by atomic mass is 32.2. The number of rotatable bonds is 8. The molecule has 0 fully saturated rings. The van der Waals surface area contributed by atoms with Crippen molar-refractivity contribution in [2.24, 2.45) is 5.73 Å². The van der Waals surface area contributed by atoms with Crippen LogP contribution in [0.4, 0.5) is 0 Å². The Morgan fingerprint density at radius 2 is 1.89 bits per heavy atom. The number of ketones is 1. The molecule has 0 saturated carbocycles. The van der Waals surface area contributed by atoms with Crippen LogP contribution in [-0.2, 0) is 15.3 Å². The summed E-state index contributed by atoms with van der Waals surface area (Å²) in [4.78, 5) is 21.8. The maximum Gasteiger partial charge on any atom is 0.303 e. The number of aliphatic carboxylic acids is 1. The van der Waals surface area contributed by atoms with Crippen molar-refractivity contribution in [2.45, 2.75) is 24.6 Å². The van der Waals surface area contributed by atoms with Gasteiger partial charge in [0.2, 0.25) is 0 Å². The molecule has 0 saturated heterocycles. The third-order valence-electron chi connectivity index (χ3n) is 2.41. The van der Waals surface area contributed by atoms with Gasteiger partial charge in [0.15, 0.2) is 5.78 Å². The Morgan fingerprint density at radius 1 is 1.22 bits per heavy atom. The van der Waals surface area contributed by atoms with Crippen molar-refractivity contribution in [1.82, 2.24) is 0 Å². The SMILES string of the molecule is NC(CSCc1ccccc1)C(=O)CCC(=O)O. The van der Waals surface area contributed by atoms with E-state index >= 15 is 0 Å². The van der Waals surface area contributed by atoms with Gasteiger partial charge in [-0.1, -0.05) is 30.3 Å². The smallest absolute Gasteiger partial charge is 0.303 e. The van der Waals surface area contributed by atoms with Crippen molar-refractivity contribution >= 4 is 23.5 Å². The van der Waals surface area contributed by atoms with Gasteiger partial charge in [0.1, 0.15) is 0 Å². The molecule has 3 N–H and O–H groups in total. The summed E-state index contributed by atoms with van der Waals surface area (Å²) in [6, 6.07) is 9.35. The lowest BCUT2D eigenvalue weighted by molar-refractivity contribution is -0.138. The molecule has 0 bridgehead atoms.